The number of halogens is 1. The van der Waals surface area contributed by atoms with Crippen LogP contribution in [0, 0.1) is 5.82 Å². The summed E-state index contributed by atoms with van der Waals surface area (Å²) in [4.78, 5) is 16.9. The molecule has 1 aromatic heterocycles. The van der Waals surface area contributed by atoms with Gasteiger partial charge in [-0.2, -0.15) is 0 Å². The van der Waals surface area contributed by atoms with Crippen LogP contribution in [0.25, 0.3) is 11.1 Å². The zero-order valence-electron chi connectivity index (χ0n) is 18.4. The van der Waals surface area contributed by atoms with Crippen LogP contribution in [-0.4, -0.2) is 42.5 Å². The van der Waals surface area contributed by atoms with Gasteiger partial charge in [-0.3, -0.25) is 4.79 Å². The maximum absolute atomic E-state index is 15.0. The molecule has 1 saturated heterocycles. The number of pyridine rings is 1. The highest BCUT2D eigenvalue weighted by atomic mass is 32.2. The number of carbonyl (C=O) groups is 1. The van der Waals surface area contributed by atoms with Gasteiger partial charge in [0.15, 0.2) is 0 Å². The summed E-state index contributed by atoms with van der Waals surface area (Å²) in [6.45, 7) is -0.326. The van der Waals surface area contributed by atoms with Gasteiger partial charge in [0.2, 0.25) is 0 Å². The number of nitrogens with two attached hydrogens (primary N) is 1. The number of anilines is 1. The fraction of sp³-hybridized carbons (Fsp3) is 0.280. The summed E-state index contributed by atoms with van der Waals surface area (Å²) in [6.07, 6.45) is 2.65. The molecule has 0 bridgehead atoms. The minimum atomic E-state index is -2.99. The summed E-state index contributed by atoms with van der Waals surface area (Å²) < 4.78 is 38.4. The predicted molar refractivity (Wildman–Crippen MR) is 128 cm³/mol. The van der Waals surface area contributed by atoms with Crippen LogP contribution in [0.2, 0.25) is 0 Å². The third kappa shape index (κ3) is 5.26. The number of amides is 1. The first-order valence-electron chi connectivity index (χ1n) is 11.0. The van der Waals surface area contributed by atoms with Crippen molar-refractivity contribution in [1.82, 2.24) is 10.3 Å². The van der Waals surface area contributed by atoms with Crippen molar-refractivity contribution in [1.29, 1.82) is 0 Å². The van der Waals surface area contributed by atoms with Gasteiger partial charge in [0.1, 0.15) is 21.5 Å². The van der Waals surface area contributed by atoms with Gasteiger partial charge in [-0.1, -0.05) is 36.4 Å². The molecule has 34 heavy (non-hydrogen) atoms. The van der Waals surface area contributed by atoms with Gasteiger partial charge in [-0.25, -0.2) is 17.8 Å². The highest BCUT2D eigenvalue weighted by Gasteiger charge is 2.26. The van der Waals surface area contributed by atoms with Crippen molar-refractivity contribution in [2.24, 2.45) is 0 Å². The molecule has 0 aliphatic carbocycles. The SMILES string of the molecule is Nc1ncc(C2CCS(=O)(=O)CC2)cc1-c1ccc(C(=O)NC(CO)c2ccccc2)c(F)c1. The average molecular weight is 484 g/mol. The summed E-state index contributed by atoms with van der Waals surface area (Å²) in [5.41, 5.74) is 8.45. The van der Waals surface area contributed by atoms with E-state index in [0.29, 0.717) is 29.5 Å². The van der Waals surface area contributed by atoms with Gasteiger partial charge in [0.05, 0.1) is 29.7 Å². The van der Waals surface area contributed by atoms with Crippen molar-refractivity contribution in [2.45, 2.75) is 24.8 Å². The van der Waals surface area contributed by atoms with E-state index < -0.39 is 27.6 Å². The van der Waals surface area contributed by atoms with E-state index in [9.17, 15) is 22.7 Å². The maximum atomic E-state index is 15.0. The molecule has 2 heterocycles. The van der Waals surface area contributed by atoms with Crippen LogP contribution in [0.1, 0.15) is 46.3 Å². The van der Waals surface area contributed by atoms with E-state index in [-0.39, 0.29) is 35.4 Å². The highest BCUT2D eigenvalue weighted by Crippen LogP contribution is 2.34. The van der Waals surface area contributed by atoms with Crippen molar-refractivity contribution in [3.05, 3.63) is 83.3 Å². The molecule has 4 rings (SSSR count). The number of hydrogen-bond acceptors (Lipinski definition) is 6. The number of aliphatic hydroxyl groups excluding tert-OH is 1. The molecule has 1 unspecified atom stereocenters. The molecule has 0 radical (unpaired) electrons. The lowest BCUT2D eigenvalue weighted by atomic mass is 9.92. The molecule has 4 N–H and O–H groups in total. The van der Waals surface area contributed by atoms with Crippen LogP contribution in [0.15, 0.2) is 60.8 Å². The second kappa shape index (κ2) is 9.90. The first-order valence-corrected chi connectivity index (χ1v) is 12.8. The number of sulfone groups is 1. The van der Waals surface area contributed by atoms with E-state index in [1.807, 2.05) is 12.1 Å². The van der Waals surface area contributed by atoms with Crippen LogP contribution in [-0.2, 0) is 9.84 Å². The largest absolute Gasteiger partial charge is 0.394 e. The van der Waals surface area contributed by atoms with E-state index in [2.05, 4.69) is 10.3 Å². The number of nitrogen functional groups attached to an aromatic ring is 1. The zero-order valence-corrected chi connectivity index (χ0v) is 19.3. The monoisotopic (exact) mass is 483 g/mol. The smallest absolute Gasteiger partial charge is 0.254 e. The average Bonchev–Trinajstić information content (AvgIpc) is 2.83. The summed E-state index contributed by atoms with van der Waals surface area (Å²) >= 11 is 0. The van der Waals surface area contributed by atoms with Gasteiger partial charge >= 0.3 is 0 Å². The molecule has 1 amide bonds. The van der Waals surface area contributed by atoms with Crippen LogP contribution >= 0.6 is 0 Å². The Balaban J connectivity index is 1.55. The van der Waals surface area contributed by atoms with Crippen LogP contribution in [0.3, 0.4) is 0 Å². The van der Waals surface area contributed by atoms with Crippen molar-refractivity contribution in [3.8, 4) is 11.1 Å². The molecule has 1 aliphatic heterocycles. The lowest BCUT2D eigenvalue weighted by molar-refractivity contribution is 0.0912. The summed E-state index contributed by atoms with van der Waals surface area (Å²) in [5.74, 6) is -0.850. The second-order valence-corrected chi connectivity index (χ2v) is 10.7. The van der Waals surface area contributed by atoms with E-state index in [1.165, 1.54) is 12.1 Å². The van der Waals surface area contributed by atoms with Crippen molar-refractivity contribution >= 4 is 21.6 Å². The second-order valence-electron chi connectivity index (χ2n) is 8.44. The van der Waals surface area contributed by atoms with Gasteiger partial charge in [0.25, 0.3) is 5.91 Å². The standard InChI is InChI=1S/C25H26FN3O4S/c26-22-13-18(6-7-20(22)25(31)29-23(15-30)17-4-2-1-3-5-17)21-12-19(14-28-24(21)27)16-8-10-34(32,33)11-9-16/h1-7,12-14,16,23,30H,8-11,15H2,(H2,27,28)(H,29,31). The predicted octanol–water partition coefficient (Wildman–Crippen LogP) is 3.23. The van der Waals surface area contributed by atoms with Crippen LogP contribution in [0.5, 0.6) is 0 Å². The van der Waals surface area contributed by atoms with Crippen LogP contribution < -0.4 is 11.1 Å². The van der Waals surface area contributed by atoms with E-state index >= 15 is 0 Å². The molecule has 3 aromatic rings. The Hall–Kier alpha value is -3.30. The third-order valence-corrected chi connectivity index (χ3v) is 7.90. The number of nitrogens with zero attached hydrogens (tertiary/aromatic N) is 1. The number of aromatic nitrogens is 1. The fourth-order valence-corrected chi connectivity index (χ4v) is 5.68. The lowest BCUT2D eigenvalue weighted by Gasteiger charge is -2.22. The van der Waals surface area contributed by atoms with E-state index in [0.717, 1.165) is 5.56 Å². The highest BCUT2D eigenvalue weighted by molar-refractivity contribution is 7.91. The molecular weight excluding hydrogens is 457 g/mol. The summed E-state index contributed by atoms with van der Waals surface area (Å²) in [6, 6.07) is 14.3. The Labute approximate surface area is 197 Å². The molecule has 7 nitrogen and oxygen atoms in total. The third-order valence-electron chi connectivity index (χ3n) is 6.18. The quantitative estimate of drug-likeness (QED) is 0.495. The maximum Gasteiger partial charge on any atom is 0.254 e. The van der Waals surface area contributed by atoms with Gasteiger partial charge in [-0.15, -0.1) is 0 Å². The topological polar surface area (TPSA) is 122 Å². The first-order chi connectivity index (χ1) is 16.3. The minimum absolute atomic E-state index is 0.0404. The van der Waals surface area contributed by atoms with Gasteiger partial charge in [0, 0.05) is 11.8 Å². The van der Waals surface area contributed by atoms with Gasteiger partial charge in [-0.05, 0) is 53.6 Å². The van der Waals surface area contributed by atoms with Crippen molar-refractivity contribution in [2.75, 3.05) is 23.8 Å². The zero-order chi connectivity index (χ0) is 24.3. The molecule has 1 fully saturated rings. The van der Waals surface area contributed by atoms with Gasteiger partial charge < -0.3 is 16.2 Å². The Bertz CT molecular complexity index is 1280. The lowest BCUT2D eigenvalue weighted by Crippen LogP contribution is -2.31. The van der Waals surface area contributed by atoms with E-state index in [4.69, 9.17) is 5.73 Å². The normalized spacial score (nSPS) is 16.6. The number of rotatable bonds is 6. The number of hydrogen-bond donors (Lipinski definition) is 3. The summed E-state index contributed by atoms with van der Waals surface area (Å²) in [5, 5.41) is 12.3. The molecule has 178 valence electrons. The molecule has 1 aliphatic rings. The number of aliphatic hydroxyl groups is 1. The molecule has 1 atom stereocenters. The molecule has 0 saturated carbocycles. The number of carbonyl (C=O) groups excluding carboxylic acids is 1. The first kappa shape index (κ1) is 23.8. The van der Waals surface area contributed by atoms with Crippen LogP contribution in [0.4, 0.5) is 10.2 Å². The number of nitrogens with one attached hydrogen (secondary N) is 1. The number of benzene rings is 2. The molecule has 0 spiro atoms. The summed E-state index contributed by atoms with van der Waals surface area (Å²) in [7, 11) is -2.99. The van der Waals surface area contributed by atoms with Crippen molar-refractivity contribution < 1.29 is 22.7 Å². The Kier molecular flexibility index (Phi) is 6.95. The fourth-order valence-electron chi connectivity index (χ4n) is 4.19. The Morgan fingerprint density at radius 3 is 2.50 bits per heavy atom. The molecular formula is C25H26FN3O4S. The molecule has 2 aromatic carbocycles. The molecule has 9 heteroatoms. The minimum Gasteiger partial charge on any atom is -0.394 e. The van der Waals surface area contributed by atoms with Crippen molar-refractivity contribution in [3.63, 3.8) is 0 Å². The Morgan fingerprint density at radius 2 is 1.85 bits per heavy atom. The van der Waals surface area contributed by atoms with E-state index in [1.54, 1.807) is 36.5 Å². The Morgan fingerprint density at radius 1 is 1.15 bits per heavy atom.